The summed E-state index contributed by atoms with van der Waals surface area (Å²) in [6.07, 6.45) is 3.78. The smallest absolute Gasteiger partial charge is 0.0133 e. The third-order valence-corrected chi connectivity index (χ3v) is 3.29. The van der Waals surface area contributed by atoms with Crippen molar-refractivity contribution in [1.82, 2.24) is 4.90 Å². The van der Waals surface area contributed by atoms with E-state index < -0.39 is 0 Å². The molecule has 0 aliphatic heterocycles. The molecule has 1 aromatic carbocycles. The molecule has 1 unspecified atom stereocenters. The minimum atomic E-state index is 0.740. The summed E-state index contributed by atoms with van der Waals surface area (Å²) in [5, 5.41) is 0. The van der Waals surface area contributed by atoms with Crippen LogP contribution in [0.1, 0.15) is 23.1 Å². The van der Waals surface area contributed by atoms with Gasteiger partial charge in [-0.05, 0) is 51.4 Å². The molecule has 0 bridgehead atoms. The van der Waals surface area contributed by atoms with E-state index in [1.54, 1.807) is 11.1 Å². The van der Waals surface area contributed by atoms with Gasteiger partial charge in [-0.3, -0.25) is 0 Å². The second-order valence-electron chi connectivity index (χ2n) is 4.63. The zero-order chi connectivity index (χ0) is 10.1. The lowest BCUT2D eigenvalue weighted by atomic mass is 9.87. The van der Waals surface area contributed by atoms with Gasteiger partial charge in [0.1, 0.15) is 0 Å². The van der Waals surface area contributed by atoms with E-state index in [2.05, 4.69) is 44.1 Å². The lowest BCUT2D eigenvalue weighted by Gasteiger charge is -2.30. The van der Waals surface area contributed by atoms with Crippen LogP contribution in [0.15, 0.2) is 18.2 Å². The number of hydrogen-bond donors (Lipinski definition) is 0. The molecule has 1 nitrogen and oxygen atoms in total. The lowest BCUT2D eigenvalue weighted by molar-refractivity contribution is 0.268. The van der Waals surface area contributed by atoms with Crippen LogP contribution in [0.3, 0.4) is 0 Å². The maximum atomic E-state index is 2.35. The molecule has 0 spiro atoms. The molecule has 0 N–H and O–H groups in total. The van der Waals surface area contributed by atoms with Crippen molar-refractivity contribution in [3.05, 3.63) is 34.9 Å². The van der Waals surface area contributed by atoms with Gasteiger partial charge in [-0.2, -0.15) is 0 Å². The average Bonchev–Trinajstić information content (AvgIpc) is 2.16. The second kappa shape index (κ2) is 3.74. The van der Waals surface area contributed by atoms with E-state index in [1.165, 1.54) is 24.8 Å². The predicted octanol–water partition coefficient (Wildman–Crippen LogP) is 2.41. The van der Waals surface area contributed by atoms with Crippen LogP contribution in [0.4, 0.5) is 0 Å². The summed E-state index contributed by atoms with van der Waals surface area (Å²) >= 11 is 0. The predicted molar refractivity (Wildman–Crippen MR) is 60.7 cm³/mol. The second-order valence-corrected chi connectivity index (χ2v) is 4.63. The molecule has 1 heteroatoms. The summed E-state index contributed by atoms with van der Waals surface area (Å²) in [7, 11) is 4.37. The van der Waals surface area contributed by atoms with Crippen LogP contribution in [-0.4, -0.2) is 25.0 Å². The number of benzene rings is 1. The van der Waals surface area contributed by atoms with Crippen molar-refractivity contribution in [2.45, 2.75) is 32.2 Å². The highest BCUT2D eigenvalue weighted by Crippen LogP contribution is 2.24. The molecule has 1 atom stereocenters. The summed E-state index contributed by atoms with van der Waals surface area (Å²) in [5.74, 6) is 0. The van der Waals surface area contributed by atoms with Gasteiger partial charge in [0, 0.05) is 6.04 Å². The van der Waals surface area contributed by atoms with Crippen molar-refractivity contribution in [3.63, 3.8) is 0 Å². The van der Waals surface area contributed by atoms with Gasteiger partial charge < -0.3 is 4.90 Å². The normalized spacial score (nSPS) is 21.0. The van der Waals surface area contributed by atoms with E-state index in [9.17, 15) is 0 Å². The minimum Gasteiger partial charge on any atom is -0.306 e. The molecule has 0 saturated carbocycles. The van der Waals surface area contributed by atoms with Crippen LogP contribution in [0.25, 0.3) is 0 Å². The van der Waals surface area contributed by atoms with E-state index in [-0.39, 0.29) is 0 Å². The molecule has 1 aromatic rings. The van der Waals surface area contributed by atoms with E-state index >= 15 is 0 Å². The number of fused-ring (bicyclic) bond motifs is 1. The van der Waals surface area contributed by atoms with Crippen LogP contribution < -0.4 is 0 Å². The summed E-state index contributed by atoms with van der Waals surface area (Å²) in [6.45, 7) is 2.18. The molecular formula is C13H19N. The average molecular weight is 189 g/mol. The van der Waals surface area contributed by atoms with Crippen molar-refractivity contribution in [1.29, 1.82) is 0 Å². The van der Waals surface area contributed by atoms with Gasteiger partial charge in [-0.25, -0.2) is 0 Å². The fourth-order valence-electron chi connectivity index (χ4n) is 2.31. The molecule has 0 aromatic heterocycles. The minimum absolute atomic E-state index is 0.740. The Bertz CT molecular complexity index is 328. The van der Waals surface area contributed by atoms with Gasteiger partial charge in [-0.15, -0.1) is 0 Å². The molecule has 0 radical (unpaired) electrons. The van der Waals surface area contributed by atoms with Crippen LogP contribution in [-0.2, 0) is 12.8 Å². The van der Waals surface area contributed by atoms with Gasteiger partial charge in [0.05, 0.1) is 0 Å². The molecule has 76 valence electrons. The molecule has 14 heavy (non-hydrogen) atoms. The van der Waals surface area contributed by atoms with E-state index in [1.807, 2.05) is 0 Å². The third-order valence-electron chi connectivity index (χ3n) is 3.29. The Labute approximate surface area is 86.7 Å². The first-order valence-corrected chi connectivity index (χ1v) is 5.41. The number of rotatable bonds is 1. The fourth-order valence-corrected chi connectivity index (χ4v) is 2.31. The highest BCUT2D eigenvalue weighted by molar-refractivity contribution is 5.34. The quantitative estimate of drug-likeness (QED) is 0.656. The third kappa shape index (κ3) is 1.83. The fraction of sp³-hybridized carbons (Fsp3) is 0.538. The molecule has 0 amide bonds. The molecular weight excluding hydrogens is 170 g/mol. The van der Waals surface area contributed by atoms with Crippen LogP contribution >= 0.6 is 0 Å². The summed E-state index contributed by atoms with van der Waals surface area (Å²) < 4.78 is 0. The van der Waals surface area contributed by atoms with Gasteiger partial charge in [0.15, 0.2) is 0 Å². The summed E-state index contributed by atoms with van der Waals surface area (Å²) in [5.41, 5.74) is 4.52. The Morgan fingerprint density at radius 3 is 2.71 bits per heavy atom. The largest absolute Gasteiger partial charge is 0.306 e. The summed E-state index contributed by atoms with van der Waals surface area (Å²) in [6, 6.07) is 7.63. The van der Waals surface area contributed by atoms with Crippen LogP contribution in [0.2, 0.25) is 0 Å². The number of hydrogen-bond acceptors (Lipinski definition) is 1. The first kappa shape index (κ1) is 9.72. The van der Waals surface area contributed by atoms with Crippen molar-refractivity contribution in [2.75, 3.05) is 14.1 Å². The first-order valence-electron chi connectivity index (χ1n) is 5.41. The molecule has 0 fully saturated rings. The van der Waals surface area contributed by atoms with E-state index in [0.717, 1.165) is 6.04 Å². The van der Waals surface area contributed by atoms with Gasteiger partial charge in [0.25, 0.3) is 0 Å². The van der Waals surface area contributed by atoms with Gasteiger partial charge in [-0.1, -0.05) is 23.8 Å². The number of nitrogens with zero attached hydrogens (tertiary/aromatic N) is 1. The van der Waals surface area contributed by atoms with Gasteiger partial charge >= 0.3 is 0 Å². The highest BCUT2D eigenvalue weighted by atomic mass is 15.1. The topological polar surface area (TPSA) is 3.24 Å². The maximum absolute atomic E-state index is 2.35. The van der Waals surface area contributed by atoms with Crippen molar-refractivity contribution in [3.8, 4) is 0 Å². The molecule has 2 rings (SSSR count). The number of likely N-dealkylation sites (N-methyl/N-ethyl adjacent to an activating group) is 1. The molecule has 0 saturated heterocycles. The molecule has 0 heterocycles. The van der Waals surface area contributed by atoms with E-state index in [0.29, 0.717) is 0 Å². The standard InChI is InChI=1S/C13H19N/c1-10-4-5-11-6-7-13(14(2)3)9-12(11)8-10/h4-5,8,13H,6-7,9H2,1-3H3. The monoisotopic (exact) mass is 189 g/mol. The van der Waals surface area contributed by atoms with Crippen LogP contribution in [0.5, 0.6) is 0 Å². The first-order chi connectivity index (χ1) is 6.66. The maximum Gasteiger partial charge on any atom is 0.0133 e. The van der Waals surface area contributed by atoms with Gasteiger partial charge in [0.2, 0.25) is 0 Å². The van der Waals surface area contributed by atoms with Crippen LogP contribution in [0, 0.1) is 6.92 Å². The lowest BCUT2D eigenvalue weighted by Crippen LogP contribution is -2.33. The van der Waals surface area contributed by atoms with Crippen molar-refractivity contribution >= 4 is 0 Å². The molecule has 1 aliphatic rings. The Morgan fingerprint density at radius 2 is 2.00 bits per heavy atom. The zero-order valence-electron chi connectivity index (χ0n) is 9.38. The van der Waals surface area contributed by atoms with E-state index in [4.69, 9.17) is 0 Å². The Morgan fingerprint density at radius 1 is 1.21 bits per heavy atom. The zero-order valence-corrected chi connectivity index (χ0v) is 9.38. The summed E-state index contributed by atoms with van der Waals surface area (Å²) in [4.78, 5) is 2.35. The Balaban J connectivity index is 2.24. The Kier molecular flexibility index (Phi) is 2.60. The van der Waals surface area contributed by atoms with Crippen molar-refractivity contribution in [2.24, 2.45) is 0 Å². The van der Waals surface area contributed by atoms with Crippen molar-refractivity contribution < 1.29 is 0 Å². The molecule has 1 aliphatic carbocycles. The SMILES string of the molecule is Cc1ccc2c(c1)CC(N(C)C)CC2. The highest BCUT2D eigenvalue weighted by Gasteiger charge is 2.19. The number of aryl methyl sites for hydroxylation is 2. The Hall–Kier alpha value is -0.820.